The highest BCUT2D eigenvalue weighted by atomic mass is 16.1. The molecule has 2 rings (SSSR count). The molecule has 0 aliphatic rings. The van der Waals surface area contributed by atoms with Crippen LogP contribution in [0.4, 0.5) is 0 Å². The molecular formula is C17H22NO+. The molecule has 0 heterocycles. The first-order valence-electron chi connectivity index (χ1n) is 6.67. The zero-order valence-corrected chi connectivity index (χ0v) is 12.2. The van der Waals surface area contributed by atoms with Gasteiger partial charge in [-0.15, -0.1) is 0 Å². The molecule has 0 N–H and O–H groups in total. The normalized spacial score (nSPS) is 13.5. The molecule has 2 aromatic carbocycles. The molecule has 2 nitrogen and oxygen atoms in total. The third-order valence-corrected chi connectivity index (χ3v) is 3.65. The third-order valence-electron chi connectivity index (χ3n) is 3.65. The second-order valence-corrected chi connectivity index (χ2v) is 6.13. The summed E-state index contributed by atoms with van der Waals surface area (Å²) in [7, 11) is 6.23. The number of carbonyl (C=O) groups is 1. The van der Waals surface area contributed by atoms with Gasteiger partial charge in [-0.3, -0.25) is 4.79 Å². The highest BCUT2D eigenvalue weighted by molar-refractivity contribution is 5.84. The van der Waals surface area contributed by atoms with Crippen LogP contribution in [0.15, 0.2) is 42.5 Å². The molecule has 0 amide bonds. The molecule has 0 fully saturated rings. The smallest absolute Gasteiger partial charge is 0.187 e. The Morgan fingerprint density at radius 3 is 2.26 bits per heavy atom. The van der Waals surface area contributed by atoms with Crippen LogP contribution in [0.2, 0.25) is 0 Å². The molecule has 0 saturated carbocycles. The fourth-order valence-corrected chi connectivity index (χ4v) is 2.55. The molecule has 1 unspecified atom stereocenters. The van der Waals surface area contributed by atoms with E-state index in [4.69, 9.17) is 0 Å². The van der Waals surface area contributed by atoms with Gasteiger partial charge in [-0.05, 0) is 16.3 Å². The number of Topliss-reactive ketones (excluding diaryl/α,β-unsaturated/α-hetero) is 1. The maximum Gasteiger partial charge on any atom is 0.187 e. The van der Waals surface area contributed by atoms with E-state index in [0.29, 0.717) is 4.48 Å². The SMILES string of the molecule is CC(=O)C(Cc1ccc2ccccc2c1)[N+](C)(C)C. The maximum atomic E-state index is 11.8. The summed E-state index contributed by atoms with van der Waals surface area (Å²) >= 11 is 0. The van der Waals surface area contributed by atoms with Crippen molar-refractivity contribution in [3.63, 3.8) is 0 Å². The average molecular weight is 256 g/mol. The van der Waals surface area contributed by atoms with Gasteiger partial charge in [0.2, 0.25) is 0 Å². The Morgan fingerprint density at radius 2 is 1.68 bits per heavy atom. The zero-order chi connectivity index (χ0) is 14.0. The van der Waals surface area contributed by atoms with Crippen LogP contribution in [0.5, 0.6) is 0 Å². The summed E-state index contributed by atoms with van der Waals surface area (Å²) in [5.41, 5.74) is 1.23. The average Bonchev–Trinajstić information content (AvgIpc) is 2.34. The minimum Gasteiger partial charge on any atom is -0.322 e. The van der Waals surface area contributed by atoms with Crippen LogP contribution in [-0.2, 0) is 11.2 Å². The highest BCUT2D eigenvalue weighted by Gasteiger charge is 2.28. The van der Waals surface area contributed by atoms with Crippen LogP contribution >= 0.6 is 0 Å². The summed E-state index contributed by atoms with van der Waals surface area (Å²) in [5.74, 6) is 0.251. The van der Waals surface area contributed by atoms with Gasteiger partial charge >= 0.3 is 0 Å². The Labute approximate surface area is 115 Å². The Kier molecular flexibility index (Phi) is 3.72. The van der Waals surface area contributed by atoms with E-state index in [1.807, 2.05) is 12.1 Å². The van der Waals surface area contributed by atoms with E-state index in [-0.39, 0.29) is 11.8 Å². The van der Waals surface area contributed by atoms with E-state index in [9.17, 15) is 4.79 Å². The minimum absolute atomic E-state index is 0.0150. The van der Waals surface area contributed by atoms with E-state index in [2.05, 4.69) is 51.5 Å². The van der Waals surface area contributed by atoms with Gasteiger partial charge in [0.15, 0.2) is 11.8 Å². The molecule has 0 radical (unpaired) electrons. The zero-order valence-electron chi connectivity index (χ0n) is 12.2. The lowest BCUT2D eigenvalue weighted by Gasteiger charge is -2.32. The predicted molar refractivity (Wildman–Crippen MR) is 80.2 cm³/mol. The summed E-state index contributed by atoms with van der Waals surface area (Å²) in [4.78, 5) is 11.8. The van der Waals surface area contributed by atoms with E-state index < -0.39 is 0 Å². The number of fused-ring (bicyclic) bond motifs is 1. The molecule has 100 valence electrons. The van der Waals surface area contributed by atoms with Crippen molar-refractivity contribution < 1.29 is 9.28 Å². The topological polar surface area (TPSA) is 17.1 Å². The first kappa shape index (κ1) is 13.8. The van der Waals surface area contributed by atoms with Crippen LogP contribution in [-0.4, -0.2) is 37.5 Å². The number of nitrogens with zero attached hydrogens (tertiary/aromatic N) is 1. The molecule has 0 saturated heterocycles. The van der Waals surface area contributed by atoms with Gasteiger partial charge in [0.05, 0.1) is 21.1 Å². The van der Waals surface area contributed by atoms with E-state index in [0.717, 1.165) is 6.42 Å². The Morgan fingerprint density at radius 1 is 1.05 bits per heavy atom. The number of hydrogen-bond donors (Lipinski definition) is 0. The lowest BCUT2D eigenvalue weighted by molar-refractivity contribution is -0.886. The van der Waals surface area contributed by atoms with Gasteiger partial charge in [0.25, 0.3) is 0 Å². The Hall–Kier alpha value is -1.67. The number of carbonyl (C=O) groups excluding carboxylic acids is 1. The van der Waals surface area contributed by atoms with E-state index in [1.165, 1.54) is 16.3 Å². The number of quaternary nitrogens is 1. The monoisotopic (exact) mass is 256 g/mol. The number of ketones is 1. The van der Waals surface area contributed by atoms with Gasteiger partial charge in [-0.25, -0.2) is 0 Å². The number of benzene rings is 2. The Balaban J connectivity index is 2.32. The summed E-state index contributed by atoms with van der Waals surface area (Å²) in [6.45, 7) is 1.69. The third kappa shape index (κ3) is 3.21. The van der Waals surface area contributed by atoms with Gasteiger partial charge in [-0.2, -0.15) is 0 Å². The summed E-state index contributed by atoms with van der Waals surface area (Å²) in [5, 5.41) is 2.49. The van der Waals surface area contributed by atoms with Crippen LogP contribution in [0.1, 0.15) is 12.5 Å². The van der Waals surface area contributed by atoms with Crippen LogP contribution in [0.25, 0.3) is 10.8 Å². The second kappa shape index (κ2) is 5.14. The quantitative estimate of drug-likeness (QED) is 0.768. The van der Waals surface area contributed by atoms with Gasteiger partial charge in [0, 0.05) is 13.3 Å². The lowest BCUT2D eigenvalue weighted by Crippen LogP contribution is -2.50. The second-order valence-electron chi connectivity index (χ2n) is 6.13. The summed E-state index contributed by atoms with van der Waals surface area (Å²) < 4.78 is 0.669. The van der Waals surface area contributed by atoms with Crippen LogP contribution in [0, 0.1) is 0 Å². The van der Waals surface area contributed by atoms with Crippen molar-refractivity contribution in [1.29, 1.82) is 0 Å². The Bertz CT molecular complexity index is 595. The van der Waals surface area contributed by atoms with Crippen molar-refractivity contribution >= 4 is 16.6 Å². The standard InChI is InChI=1S/C17H22NO/c1-13(19)17(18(2,3)4)12-14-9-10-15-7-5-6-8-16(15)11-14/h5-11,17H,12H2,1-4H3/q+1. The van der Waals surface area contributed by atoms with Crippen molar-refractivity contribution in [2.45, 2.75) is 19.4 Å². The molecule has 0 aromatic heterocycles. The first-order valence-corrected chi connectivity index (χ1v) is 6.67. The van der Waals surface area contributed by atoms with Gasteiger partial charge < -0.3 is 4.48 Å². The van der Waals surface area contributed by atoms with Gasteiger partial charge in [0.1, 0.15) is 0 Å². The molecule has 0 spiro atoms. The van der Waals surface area contributed by atoms with Crippen molar-refractivity contribution in [3.8, 4) is 0 Å². The summed E-state index contributed by atoms with van der Waals surface area (Å²) in [6.07, 6.45) is 0.795. The fraction of sp³-hybridized carbons (Fsp3) is 0.353. The lowest BCUT2D eigenvalue weighted by atomic mass is 9.98. The molecule has 0 bridgehead atoms. The molecule has 0 aliphatic heterocycles. The highest BCUT2D eigenvalue weighted by Crippen LogP contribution is 2.19. The summed E-state index contributed by atoms with van der Waals surface area (Å²) in [6, 6.07) is 14.8. The predicted octanol–water partition coefficient (Wildman–Crippen LogP) is 3.05. The number of likely N-dealkylation sites (N-methyl/N-ethyl adjacent to an activating group) is 1. The van der Waals surface area contributed by atoms with Crippen molar-refractivity contribution in [2.75, 3.05) is 21.1 Å². The number of hydrogen-bond acceptors (Lipinski definition) is 1. The van der Waals surface area contributed by atoms with Crippen molar-refractivity contribution in [1.82, 2.24) is 0 Å². The van der Waals surface area contributed by atoms with E-state index >= 15 is 0 Å². The van der Waals surface area contributed by atoms with Crippen LogP contribution in [0.3, 0.4) is 0 Å². The minimum atomic E-state index is 0.0150. The number of rotatable bonds is 4. The largest absolute Gasteiger partial charge is 0.322 e. The molecule has 2 aromatic rings. The molecule has 1 atom stereocenters. The van der Waals surface area contributed by atoms with Crippen molar-refractivity contribution in [3.05, 3.63) is 48.0 Å². The maximum absolute atomic E-state index is 11.8. The van der Waals surface area contributed by atoms with Gasteiger partial charge in [-0.1, -0.05) is 42.5 Å². The van der Waals surface area contributed by atoms with Crippen molar-refractivity contribution in [2.24, 2.45) is 0 Å². The molecule has 0 aliphatic carbocycles. The molecular weight excluding hydrogens is 234 g/mol. The molecule has 2 heteroatoms. The fourth-order valence-electron chi connectivity index (χ4n) is 2.55. The van der Waals surface area contributed by atoms with Crippen LogP contribution < -0.4 is 0 Å². The molecule has 19 heavy (non-hydrogen) atoms. The van der Waals surface area contributed by atoms with E-state index in [1.54, 1.807) is 6.92 Å². The first-order chi connectivity index (χ1) is 8.88.